The molecule has 1 aromatic rings. The van der Waals surface area contributed by atoms with Crippen molar-refractivity contribution in [2.45, 2.75) is 36.9 Å². The number of carbonyl (C=O) groups excluding carboxylic acids is 1. The highest BCUT2D eigenvalue weighted by Gasteiger charge is 2.29. The second-order valence-corrected chi connectivity index (χ2v) is 7.95. The van der Waals surface area contributed by atoms with Crippen LogP contribution in [0.15, 0.2) is 16.3 Å². The first-order valence-corrected chi connectivity index (χ1v) is 8.63. The molecule has 1 aromatic heterocycles. The molecular weight excluding hydrogens is 284 g/mol. The number of sulfonamides is 1. The molecule has 19 heavy (non-hydrogen) atoms. The molecule has 1 aliphatic carbocycles. The largest absolute Gasteiger partial charge is 0.351 e. The monoisotopic (exact) mass is 302 g/mol. The maximum atomic E-state index is 12.0. The van der Waals surface area contributed by atoms with Gasteiger partial charge in [0.05, 0.1) is 6.54 Å². The van der Waals surface area contributed by atoms with E-state index in [1.165, 1.54) is 6.07 Å². The summed E-state index contributed by atoms with van der Waals surface area (Å²) in [5, 5.41) is 7.91. The third-order valence-electron chi connectivity index (χ3n) is 3.55. The standard InChI is InChI=1S/C12H18N2O3S2/c1-8-3-2-4-10(8)12(15)14-7-9-5-6-11(18-9)19(13,16)17/h5-6,8,10H,2-4,7H2,1H3,(H,14,15)(H2,13,16,17). The molecule has 5 nitrogen and oxygen atoms in total. The maximum Gasteiger partial charge on any atom is 0.247 e. The van der Waals surface area contributed by atoms with Gasteiger partial charge in [0.25, 0.3) is 0 Å². The maximum absolute atomic E-state index is 12.0. The second kappa shape index (κ2) is 5.60. The summed E-state index contributed by atoms with van der Waals surface area (Å²) in [5.74, 6) is 0.594. The molecule has 0 radical (unpaired) electrons. The molecule has 1 heterocycles. The summed E-state index contributed by atoms with van der Waals surface area (Å²) in [7, 11) is -3.64. The van der Waals surface area contributed by atoms with Crippen molar-refractivity contribution in [3.8, 4) is 0 Å². The van der Waals surface area contributed by atoms with Crippen molar-refractivity contribution >= 4 is 27.3 Å². The average Bonchev–Trinajstić information content (AvgIpc) is 2.93. The Morgan fingerprint density at radius 3 is 2.74 bits per heavy atom. The van der Waals surface area contributed by atoms with Crippen LogP contribution in [0, 0.1) is 11.8 Å². The molecule has 0 bridgehead atoms. The molecule has 0 aromatic carbocycles. The van der Waals surface area contributed by atoms with E-state index in [2.05, 4.69) is 12.2 Å². The molecule has 1 fully saturated rings. The van der Waals surface area contributed by atoms with Crippen molar-refractivity contribution in [3.05, 3.63) is 17.0 Å². The molecule has 1 amide bonds. The average molecular weight is 302 g/mol. The minimum Gasteiger partial charge on any atom is -0.351 e. The third-order valence-corrected chi connectivity index (χ3v) is 6.08. The van der Waals surface area contributed by atoms with Crippen molar-refractivity contribution < 1.29 is 13.2 Å². The number of primary sulfonamides is 1. The second-order valence-electron chi connectivity index (χ2n) is 5.00. The van der Waals surface area contributed by atoms with Gasteiger partial charge < -0.3 is 5.32 Å². The van der Waals surface area contributed by atoms with E-state index in [1.807, 2.05) is 0 Å². The van der Waals surface area contributed by atoms with Crippen LogP contribution in [0.25, 0.3) is 0 Å². The van der Waals surface area contributed by atoms with E-state index in [9.17, 15) is 13.2 Å². The fourth-order valence-corrected chi connectivity index (χ4v) is 4.16. The molecular formula is C12H18N2O3S2. The predicted octanol–water partition coefficient (Wildman–Crippen LogP) is 1.45. The van der Waals surface area contributed by atoms with Gasteiger partial charge in [-0.2, -0.15) is 0 Å². The third kappa shape index (κ3) is 3.55. The number of amides is 1. The molecule has 1 saturated carbocycles. The van der Waals surface area contributed by atoms with Crippen LogP contribution in [-0.2, 0) is 21.4 Å². The molecule has 0 spiro atoms. The fourth-order valence-electron chi connectivity index (χ4n) is 2.45. The van der Waals surface area contributed by atoms with Crippen LogP contribution >= 0.6 is 11.3 Å². The van der Waals surface area contributed by atoms with E-state index in [1.54, 1.807) is 6.07 Å². The number of hydrogen-bond acceptors (Lipinski definition) is 4. The first kappa shape index (κ1) is 14.5. The Bertz CT molecular complexity index is 565. The molecule has 3 N–H and O–H groups in total. The highest BCUT2D eigenvalue weighted by molar-refractivity contribution is 7.91. The topological polar surface area (TPSA) is 89.3 Å². The quantitative estimate of drug-likeness (QED) is 0.882. The lowest BCUT2D eigenvalue weighted by atomic mass is 9.97. The molecule has 7 heteroatoms. The first-order chi connectivity index (χ1) is 8.88. The van der Waals surface area contributed by atoms with Gasteiger partial charge in [0.2, 0.25) is 15.9 Å². The van der Waals surface area contributed by atoms with Gasteiger partial charge >= 0.3 is 0 Å². The fraction of sp³-hybridized carbons (Fsp3) is 0.583. The van der Waals surface area contributed by atoms with Crippen LogP contribution in [-0.4, -0.2) is 14.3 Å². The Kier molecular flexibility index (Phi) is 4.27. The molecule has 0 saturated heterocycles. The van der Waals surface area contributed by atoms with Gasteiger partial charge in [-0.1, -0.05) is 13.3 Å². The van der Waals surface area contributed by atoms with Gasteiger partial charge in [-0.3, -0.25) is 4.79 Å². The van der Waals surface area contributed by atoms with Crippen molar-refractivity contribution in [2.75, 3.05) is 0 Å². The number of carbonyl (C=O) groups is 1. The van der Waals surface area contributed by atoms with Crippen molar-refractivity contribution in [1.82, 2.24) is 5.32 Å². The van der Waals surface area contributed by atoms with Crippen molar-refractivity contribution in [3.63, 3.8) is 0 Å². The Hall–Kier alpha value is -0.920. The summed E-state index contributed by atoms with van der Waals surface area (Å²) >= 11 is 1.10. The van der Waals surface area contributed by atoms with E-state index < -0.39 is 10.0 Å². The molecule has 0 aliphatic heterocycles. The number of rotatable bonds is 4. The van der Waals surface area contributed by atoms with Gasteiger partial charge in [-0.05, 0) is 30.9 Å². The summed E-state index contributed by atoms with van der Waals surface area (Å²) in [6.07, 6.45) is 3.15. The lowest BCUT2D eigenvalue weighted by molar-refractivity contribution is -0.126. The summed E-state index contributed by atoms with van der Waals surface area (Å²) in [6.45, 7) is 2.46. The summed E-state index contributed by atoms with van der Waals surface area (Å²) in [4.78, 5) is 12.8. The molecule has 2 rings (SSSR count). The van der Waals surface area contributed by atoms with E-state index in [0.29, 0.717) is 12.5 Å². The molecule has 2 unspecified atom stereocenters. The molecule has 1 aliphatic rings. The number of nitrogens with two attached hydrogens (primary N) is 1. The normalized spacial score (nSPS) is 23.5. The van der Waals surface area contributed by atoms with Crippen LogP contribution in [0.1, 0.15) is 31.1 Å². The van der Waals surface area contributed by atoms with Gasteiger partial charge in [0.1, 0.15) is 4.21 Å². The SMILES string of the molecule is CC1CCCC1C(=O)NCc1ccc(S(N)(=O)=O)s1. The van der Waals surface area contributed by atoms with Crippen LogP contribution in [0.4, 0.5) is 0 Å². The summed E-state index contributed by atoms with van der Waals surface area (Å²) in [5.41, 5.74) is 0. The zero-order chi connectivity index (χ0) is 14.0. The van der Waals surface area contributed by atoms with Crippen molar-refractivity contribution in [2.24, 2.45) is 17.0 Å². The smallest absolute Gasteiger partial charge is 0.247 e. The van der Waals surface area contributed by atoms with E-state index in [-0.39, 0.29) is 16.0 Å². The first-order valence-electron chi connectivity index (χ1n) is 6.27. The van der Waals surface area contributed by atoms with Crippen LogP contribution in [0.3, 0.4) is 0 Å². The van der Waals surface area contributed by atoms with Crippen LogP contribution < -0.4 is 10.5 Å². The Balaban J connectivity index is 1.92. The zero-order valence-corrected chi connectivity index (χ0v) is 12.4. The van der Waals surface area contributed by atoms with Gasteiger partial charge in [0.15, 0.2) is 0 Å². The Morgan fingerprint density at radius 2 is 2.21 bits per heavy atom. The summed E-state index contributed by atoms with van der Waals surface area (Å²) < 4.78 is 22.4. The predicted molar refractivity (Wildman–Crippen MR) is 74.0 cm³/mol. The van der Waals surface area contributed by atoms with E-state index in [0.717, 1.165) is 35.5 Å². The Labute approximate surface area is 117 Å². The van der Waals surface area contributed by atoms with Gasteiger partial charge in [0, 0.05) is 10.8 Å². The number of hydrogen-bond donors (Lipinski definition) is 2. The highest BCUT2D eigenvalue weighted by Crippen LogP contribution is 2.31. The number of thiophene rings is 1. The van der Waals surface area contributed by atoms with E-state index in [4.69, 9.17) is 5.14 Å². The van der Waals surface area contributed by atoms with Gasteiger partial charge in [-0.15, -0.1) is 11.3 Å². The Morgan fingerprint density at radius 1 is 1.47 bits per heavy atom. The van der Waals surface area contributed by atoms with Crippen LogP contribution in [0.2, 0.25) is 0 Å². The summed E-state index contributed by atoms with van der Waals surface area (Å²) in [6, 6.07) is 3.16. The number of nitrogens with one attached hydrogen (secondary N) is 1. The molecule has 2 atom stereocenters. The minimum absolute atomic E-state index is 0.0653. The van der Waals surface area contributed by atoms with Crippen molar-refractivity contribution in [1.29, 1.82) is 0 Å². The highest BCUT2D eigenvalue weighted by atomic mass is 32.2. The zero-order valence-electron chi connectivity index (χ0n) is 10.8. The van der Waals surface area contributed by atoms with Crippen LogP contribution in [0.5, 0.6) is 0 Å². The van der Waals surface area contributed by atoms with Gasteiger partial charge in [-0.25, -0.2) is 13.6 Å². The minimum atomic E-state index is -3.64. The lowest BCUT2D eigenvalue weighted by Crippen LogP contribution is -2.31. The van der Waals surface area contributed by atoms with E-state index >= 15 is 0 Å². The molecule has 106 valence electrons. The lowest BCUT2D eigenvalue weighted by Gasteiger charge is -2.14.